The van der Waals surface area contributed by atoms with Crippen LogP contribution in [0, 0.1) is 23.0 Å². The molecule has 11 heteroatoms. The van der Waals surface area contributed by atoms with E-state index in [0.717, 1.165) is 133 Å². The van der Waals surface area contributed by atoms with E-state index in [2.05, 4.69) is 288 Å². The van der Waals surface area contributed by atoms with Crippen molar-refractivity contribution in [3.05, 3.63) is 315 Å². The molecule has 0 aliphatic heterocycles. The van der Waals surface area contributed by atoms with Crippen LogP contribution < -0.4 is 0 Å². The van der Waals surface area contributed by atoms with Crippen molar-refractivity contribution < 1.29 is 29.7 Å². The largest absolute Gasteiger partial charge is 0.351 e. The number of hydrogen-bond donors (Lipinski definition) is 0. The van der Waals surface area contributed by atoms with E-state index in [1.807, 2.05) is 77.9 Å². The Bertz CT molecular complexity index is 6070. The molecule has 0 saturated carbocycles. The van der Waals surface area contributed by atoms with E-state index in [0.29, 0.717) is 11.6 Å². The van der Waals surface area contributed by atoms with Crippen molar-refractivity contribution in [2.45, 2.75) is 48.0 Å². The maximum Gasteiger partial charge on any atom is 0.145 e. The maximum atomic E-state index is 11.5. The summed E-state index contributed by atoms with van der Waals surface area (Å²) in [7, 11) is 0. The summed E-state index contributed by atoms with van der Waals surface area (Å²) in [4.78, 5) is 54.1. The Labute approximate surface area is 638 Å². The third-order valence-corrected chi connectivity index (χ3v) is 20.5. The number of aromatic nitrogens is 8. The van der Waals surface area contributed by atoms with Crippen LogP contribution in [0.3, 0.4) is 0 Å². The molecule has 0 unspecified atom stereocenters. The van der Waals surface area contributed by atoms with Gasteiger partial charge in [0, 0.05) is 140 Å². The topological polar surface area (TPSA) is 121 Å². The molecule has 20 rings (SSSR count). The Morgan fingerprint density at radius 3 is 0.796 bits per heavy atom. The van der Waals surface area contributed by atoms with Crippen molar-refractivity contribution in [2.75, 3.05) is 0 Å². The molecule has 10 nitrogen and oxygen atoms in total. The minimum absolute atomic E-state index is 0. The molecule has 0 fully saturated rings. The molecule has 6 aromatic heterocycles. The average Bonchev–Trinajstić information content (AvgIpc) is 1.11. The van der Waals surface area contributed by atoms with Gasteiger partial charge >= 0.3 is 0 Å². The van der Waals surface area contributed by atoms with Gasteiger partial charge < -0.3 is 9.13 Å². The van der Waals surface area contributed by atoms with Crippen LogP contribution >= 0.6 is 0 Å². The van der Waals surface area contributed by atoms with Crippen LogP contribution in [0.1, 0.15) is 48.0 Å². The second-order valence-electron chi connectivity index (χ2n) is 29.4. The number of benzene rings is 14. The molecule has 0 spiro atoms. The van der Waals surface area contributed by atoms with Gasteiger partial charge in [-0.15, -0.1) is 59.7 Å². The third kappa shape index (κ3) is 12.2. The van der Waals surface area contributed by atoms with Crippen LogP contribution in [0.2, 0.25) is 0 Å². The first kappa shape index (κ1) is 68.3. The molecule has 521 valence electrons. The van der Waals surface area contributed by atoms with E-state index >= 15 is 0 Å². The van der Waals surface area contributed by atoms with Crippen LogP contribution in [0.25, 0.3) is 188 Å². The van der Waals surface area contributed by atoms with Gasteiger partial charge in [0.15, 0.2) is 0 Å². The summed E-state index contributed by atoms with van der Waals surface area (Å²) in [5.41, 5.74) is 19.5. The number of carbonyl (C=O) groups excluding carboxylic acids is 2. The summed E-state index contributed by atoms with van der Waals surface area (Å²) in [5.74, 6) is 1.36. The van der Waals surface area contributed by atoms with Gasteiger partial charge in [-0.2, -0.15) is 0 Å². The van der Waals surface area contributed by atoms with Gasteiger partial charge in [-0.05, 0) is 59.9 Å². The smallest absolute Gasteiger partial charge is 0.145 e. The second-order valence-corrected chi connectivity index (χ2v) is 29.4. The number of Topliss-reactive ketones (excluding diaryl/α,β-unsaturated/α-hetero) is 2. The predicted octanol–water partition coefficient (Wildman–Crippen LogP) is 23.9. The van der Waals surface area contributed by atoms with Crippen LogP contribution in [-0.4, -0.2) is 50.6 Å². The quantitative estimate of drug-likeness (QED) is 0.0754. The number of para-hydroxylation sites is 4. The fourth-order valence-electron chi connectivity index (χ4n) is 15.0. The average molecular weight is 1570 g/mol. The summed E-state index contributed by atoms with van der Waals surface area (Å²) in [5, 5.41) is 13.8. The van der Waals surface area contributed by atoms with Gasteiger partial charge in [0.1, 0.15) is 11.6 Å². The van der Waals surface area contributed by atoms with Crippen LogP contribution in [0.15, 0.2) is 303 Å². The summed E-state index contributed by atoms with van der Waals surface area (Å²) >= 11 is 0. The van der Waals surface area contributed by atoms with Crippen molar-refractivity contribution in [2.24, 2.45) is 10.8 Å². The van der Waals surface area contributed by atoms with Crippen molar-refractivity contribution in [1.82, 2.24) is 39.0 Å². The van der Waals surface area contributed by atoms with E-state index in [4.69, 9.17) is 29.9 Å². The second kappa shape index (κ2) is 27.6. The zero-order valence-electron chi connectivity index (χ0n) is 60.3. The standard InChI is InChI=1S/2C43H25N4.C11H20O2.Ir/c2*1-3-11-27(12-4-1)41-33-23-25-35-40-36(26-24-34(39(33)40)42(46-41)28-13-5-2-6-14-28)45-43(44-35)29-19-21-30(22-20-29)47-37-17-9-7-15-31(37)32-16-8-10-18-38(32)47;1-10(2,3)8(12)7-9(13)11(4,5)6;/h2*1-19,21-26H;7H2,1-6H3;/q2*-1;;. The predicted molar refractivity (Wildman–Crippen MR) is 440 cm³/mol. The monoisotopic (exact) mass is 1570 g/mol. The number of carbonyl (C=O) groups is 2. The number of nitrogens with zero attached hydrogens (tertiary/aromatic N) is 8. The molecule has 20 aromatic rings. The van der Waals surface area contributed by atoms with E-state index in [-0.39, 0.29) is 38.1 Å². The molecule has 0 atom stereocenters. The molecule has 1 radical (unpaired) electrons. The molecule has 0 amide bonds. The fraction of sp³-hybridized carbons (Fsp3) is 0.0928. The molecule has 0 aliphatic rings. The summed E-state index contributed by atoms with van der Waals surface area (Å²) < 4.78 is 4.60. The zero-order valence-corrected chi connectivity index (χ0v) is 62.7. The minimum atomic E-state index is -0.402. The zero-order chi connectivity index (χ0) is 72.7. The van der Waals surface area contributed by atoms with Crippen LogP contribution in [0.4, 0.5) is 0 Å². The third-order valence-electron chi connectivity index (χ3n) is 20.5. The Kier molecular flexibility index (Phi) is 17.5. The van der Waals surface area contributed by atoms with Gasteiger partial charge in [0.25, 0.3) is 0 Å². The first-order chi connectivity index (χ1) is 52.2. The molecule has 6 heterocycles. The number of ketones is 2. The Hall–Kier alpha value is -12.8. The summed E-state index contributed by atoms with van der Waals surface area (Å²) in [6.07, 6.45) is 0.0625. The normalized spacial score (nSPS) is 11.8. The van der Waals surface area contributed by atoms with Crippen molar-refractivity contribution >= 4 is 120 Å². The van der Waals surface area contributed by atoms with Gasteiger partial charge in [-0.3, -0.25) is 29.5 Å². The van der Waals surface area contributed by atoms with E-state index in [9.17, 15) is 9.59 Å². The summed E-state index contributed by atoms with van der Waals surface area (Å²) in [6.45, 7) is 11.0. The van der Waals surface area contributed by atoms with Crippen LogP contribution in [-0.2, 0) is 29.7 Å². The number of rotatable bonds is 10. The molecule has 0 bridgehead atoms. The van der Waals surface area contributed by atoms with E-state index in [1.54, 1.807) is 0 Å². The molecule has 0 aliphatic carbocycles. The first-order valence-electron chi connectivity index (χ1n) is 36.2. The molecular formula is C97H70IrN8O2-2. The molecule has 0 saturated heterocycles. The van der Waals surface area contributed by atoms with Gasteiger partial charge in [0.05, 0.1) is 62.9 Å². The van der Waals surface area contributed by atoms with Gasteiger partial charge in [-0.25, -0.2) is 9.97 Å². The Morgan fingerprint density at radius 1 is 0.287 bits per heavy atom. The molecule has 108 heavy (non-hydrogen) atoms. The van der Waals surface area contributed by atoms with E-state index < -0.39 is 10.8 Å². The molecule has 0 N–H and O–H groups in total. The van der Waals surface area contributed by atoms with Crippen LogP contribution in [0.5, 0.6) is 0 Å². The molecular weight excluding hydrogens is 1500 g/mol. The van der Waals surface area contributed by atoms with Crippen molar-refractivity contribution in [1.29, 1.82) is 0 Å². The number of pyridine rings is 2. The van der Waals surface area contributed by atoms with Crippen molar-refractivity contribution in [3.63, 3.8) is 0 Å². The SMILES string of the molecule is CC(C)(C)C(=O)CC(=O)C(C)(C)C.[Ir].[c-]1cc(-n2c3ccccc3c3ccccc32)ccc1-c1nc2ccc3c(-c4ccccc4)nc(-c4ccccc4)c4ccc(n1)c2c34.[c-]1cc(-n2c3ccccc3c3ccccc32)ccc1-c1nc2ccc3c(-c4ccccc4)nc(-c4ccccc4)c4ccc(n1)c2c34. The fourth-order valence-corrected chi connectivity index (χ4v) is 15.0. The number of hydrogen-bond acceptors (Lipinski definition) is 8. The Morgan fingerprint density at radius 2 is 0.546 bits per heavy atom. The first-order valence-corrected chi connectivity index (χ1v) is 36.2. The number of fused-ring (bicyclic) bond motifs is 6. The minimum Gasteiger partial charge on any atom is -0.351 e. The summed E-state index contributed by atoms with van der Waals surface area (Å²) in [6, 6.07) is 113. The maximum absolute atomic E-state index is 11.5. The van der Waals surface area contributed by atoms with Crippen molar-refractivity contribution in [3.8, 4) is 79.2 Å². The van der Waals surface area contributed by atoms with Gasteiger partial charge in [0.2, 0.25) is 0 Å². The Balaban J connectivity index is 0.000000135. The molecule has 14 aromatic carbocycles. The van der Waals surface area contributed by atoms with Gasteiger partial charge in [-0.1, -0.05) is 260 Å². The van der Waals surface area contributed by atoms with E-state index in [1.165, 1.54) is 43.6 Å².